The summed E-state index contributed by atoms with van der Waals surface area (Å²) < 4.78 is 9.39. The van der Waals surface area contributed by atoms with Crippen LogP contribution in [0, 0.1) is 6.92 Å². The van der Waals surface area contributed by atoms with Gasteiger partial charge in [0.15, 0.2) is 11.6 Å². The smallest absolute Gasteiger partial charge is 0.238 e. The molecule has 6 aromatic heterocycles. The largest absolute Gasteiger partial charge is 0.311 e. The Morgan fingerprint density at radius 2 is 0.918 bits per heavy atom. The average Bonchev–Trinajstić information content (AvgIpc) is 1.71. The predicted octanol–water partition coefficient (Wildman–Crippen LogP) is 19.6. The normalized spacial score (nSPS) is 12.1. The summed E-state index contributed by atoms with van der Waals surface area (Å²) in [5, 5.41) is 11.5. The lowest BCUT2D eigenvalue weighted by atomic mass is 9.98. The van der Waals surface area contributed by atoms with Crippen molar-refractivity contribution in [3.8, 4) is 62.7 Å². The summed E-state index contributed by atoms with van der Waals surface area (Å²) in [6.07, 6.45) is 6.00. The van der Waals surface area contributed by atoms with Gasteiger partial charge in [0.2, 0.25) is 11.9 Å². The molecule has 17 rings (SSSR count). The molecule has 0 radical (unpaired) electrons. The maximum atomic E-state index is 5.45. The summed E-state index contributed by atoms with van der Waals surface area (Å²) in [6.45, 7) is 6.20. The van der Waals surface area contributed by atoms with E-state index < -0.39 is 0 Å². The molecule has 8 nitrogen and oxygen atoms in total. The highest BCUT2D eigenvalue weighted by Crippen LogP contribution is 2.49. The zero-order valence-corrected chi connectivity index (χ0v) is 46.8. The highest BCUT2D eigenvalue weighted by molar-refractivity contribution is 7.27. The Kier molecular flexibility index (Phi) is 11.0. The van der Waals surface area contributed by atoms with E-state index in [0.29, 0.717) is 23.5 Å². The van der Waals surface area contributed by atoms with E-state index in [1.807, 2.05) is 47.8 Å². The second-order valence-corrected chi connectivity index (χ2v) is 22.6. The molecule has 0 aliphatic heterocycles. The van der Waals surface area contributed by atoms with Crippen molar-refractivity contribution in [1.29, 1.82) is 0 Å². The van der Waals surface area contributed by atoms with Gasteiger partial charge in [-0.15, -0.1) is 11.3 Å². The van der Waals surface area contributed by atoms with Gasteiger partial charge in [0.05, 0.1) is 38.8 Å². The van der Waals surface area contributed by atoms with Crippen LogP contribution in [-0.2, 0) is 0 Å². The van der Waals surface area contributed by atoms with Gasteiger partial charge in [-0.3, -0.25) is 9.13 Å². The van der Waals surface area contributed by atoms with Crippen LogP contribution in [0.3, 0.4) is 0 Å². The summed E-state index contributed by atoms with van der Waals surface area (Å²) >= 11 is 1.86. The summed E-state index contributed by atoms with van der Waals surface area (Å²) in [4.78, 5) is 26.8. The molecule has 0 saturated carbocycles. The zero-order chi connectivity index (χ0) is 56.3. The van der Waals surface area contributed by atoms with Crippen molar-refractivity contribution in [3.63, 3.8) is 0 Å². The molecule has 0 bridgehead atoms. The van der Waals surface area contributed by atoms with Crippen molar-refractivity contribution in [2.24, 2.45) is 0 Å². The number of allylic oxidation sites excluding steroid dienone is 2. The third-order valence-electron chi connectivity index (χ3n) is 16.9. The van der Waals surface area contributed by atoms with Crippen LogP contribution < -0.4 is 0 Å². The van der Waals surface area contributed by atoms with E-state index >= 15 is 0 Å². The maximum Gasteiger partial charge on any atom is 0.238 e. The van der Waals surface area contributed by atoms with Crippen LogP contribution in [-0.4, -0.2) is 38.6 Å². The Labute approximate surface area is 491 Å². The highest BCUT2D eigenvalue weighted by Gasteiger charge is 2.27. The maximum absolute atomic E-state index is 5.45. The van der Waals surface area contributed by atoms with Gasteiger partial charge in [0, 0.05) is 96.9 Å². The van der Waals surface area contributed by atoms with Crippen molar-refractivity contribution in [2.45, 2.75) is 6.92 Å². The van der Waals surface area contributed by atoms with E-state index in [4.69, 9.17) is 24.9 Å². The number of benzene rings is 11. The second kappa shape index (κ2) is 19.2. The van der Waals surface area contributed by atoms with Gasteiger partial charge in [0.1, 0.15) is 0 Å². The number of fused-ring (bicyclic) bond motifs is 16. The van der Waals surface area contributed by atoms with Crippen molar-refractivity contribution in [1.82, 2.24) is 38.6 Å². The number of para-hydroxylation sites is 4. The van der Waals surface area contributed by atoms with Gasteiger partial charge in [-0.25, -0.2) is 15.0 Å². The Morgan fingerprint density at radius 3 is 1.66 bits per heavy atom. The number of hydrogen-bond acceptors (Lipinski definition) is 6. The molecule has 0 unspecified atom stereocenters. The highest BCUT2D eigenvalue weighted by atomic mass is 32.1. The van der Waals surface area contributed by atoms with Gasteiger partial charge >= 0.3 is 0 Å². The SMILES string of the molecule is C=C/C=C\c1c(C)n(-c2ccccc2)c2c1ccc1c3ccccc3n(-c3nc(-c4ccccc4)nc(-c4ccc(-c5ccc6c(c5)sc5c7ccccc7c7c(c8ccccc8n7-c7nc(-c8ccccc8)c8ccccc8n7)c65)cc4)n3)c12. The molecule has 0 saturated heterocycles. The predicted molar refractivity (Wildman–Crippen MR) is 355 cm³/mol. The number of thiophene rings is 1. The minimum absolute atomic E-state index is 0.537. The van der Waals surface area contributed by atoms with Crippen LogP contribution in [0.5, 0.6) is 0 Å². The van der Waals surface area contributed by atoms with Gasteiger partial charge < -0.3 is 4.57 Å². The Balaban J connectivity index is 0.828. The van der Waals surface area contributed by atoms with Crippen LogP contribution in [0.25, 0.3) is 165 Å². The molecule has 398 valence electrons. The number of nitrogens with zero attached hydrogens (tertiary/aromatic N) is 8. The van der Waals surface area contributed by atoms with Crippen molar-refractivity contribution in [3.05, 3.63) is 273 Å². The molecule has 17 aromatic rings. The third kappa shape index (κ3) is 7.50. The van der Waals surface area contributed by atoms with E-state index in [-0.39, 0.29) is 0 Å². The molecular formula is C76H48N8S. The fraction of sp³-hybridized carbons (Fsp3) is 0.0132. The molecule has 0 aliphatic rings. The van der Waals surface area contributed by atoms with Crippen molar-refractivity contribution >= 4 is 114 Å². The lowest BCUT2D eigenvalue weighted by Gasteiger charge is -2.13. The topological polar surface area (TPSA) is 79.2 Å². The standard InChI is InChI=1S/C76H48N8S/c1-3-4-28-53-46(2)82(52-26-12-7-13-27-52)70-56(53)43-44-57-54-29-17-20-35-63(54)84(71(57)70)76-80-73(49-24-10-6-11-25-49)79-74(81-76)50-39-37-47(38-40-50)51-41-42-61-65(45-51)85-72-58-31-15-14-30-55(58)69-66(67(61)72)60-33-18-21-36-64(60)83(69)75-77-62-34-19-16-32-59(62)68(78-75)48-22-8-5-9-23-48/h3-45H,1H2,2H3/b28-4-. The molecule has 0 spiro atoms. The van der Waals surface area contributed by atoms with E-state index in [1.54, 1.807) is 0 Å². The molecule has 0 N–H and O–H groups in total. The second-order valence-electron chi connectivity index (χ2n) is 21.6. The van der Waals surface area contributed by atoms with Gasteiger partial charge in [-0.1, -0.05) is 231 Å². The van der Waals surface area contributed by atoms with Crippen molar-refractivity contribution < 1.29 is 0 Å². The van der Waals surface area contributed by atoms with E-state index in [0.717, 1.165) is 116 Å². The quantitative estimate of drug-likeness (QED) is 0.135. The minimum Gasteiger partial charge on any atom is -0.311 e. The fourth-order valence-corrected chi connectivity index (χ4v) is 14.4. The molecular weight excluding hydrogens is 1060 g/mol. The first kappa shape index (κ1) is 48.6. The fourth-order valence-electron chi connectivity index (χ4n) is 13.1. The Bertz CT molecular complexity index is 5620. The van der Waals surface area contributed by atoms with Crippen LogP contribution in [0.4, 0.5) is 0 Å². The Morgan fingerprint density at radius 1 is 0.388 bits per heavy atom. The van der Waals surface area contributed by atoms with Gasteiger partial charge in [0.25, 0.3) is 0 Å². The van der Waals surface area contributed by atoms with Crippen LogP contribution in [0.2, 0.25) is 0 Å². The molecule has 0 atom stereocenters. The Hall–Kier alpha value is -11.1. The summed E-state index contributed by atoms with van der Waals surface area (Å²) in [5.74, 6) is 2.36. The first-order chi connectivity index (χ1) is 42.1. The van der Waals surface area contributed by atoms with Crippen LogP contribution in [0.15, 0.2) is 261 Å². The first-order valence-electron chi connectivity index (χ1n) is 28.5. The summed E-state index contributed by atoms with van der Waals surface area (Å²) in [6, 6.07) is 85.8. The monoisotopic (exact) mass is 1100 g/mol. The average molecular weight is 1110 g/mol. The summed E-state index contributed by atoms with van der Waals surface area (Å²) in [7, 11) is 0. The molecule has 6 heterocycles. The molecule has 0 fully saturated rings. The number of rotatable bonds is 9. The molecule has 0 aliphatic carbocycles. The third-order valence-corrected chi connectivity index (χ3v) is 18.1. The first-order valence-corrected chi connectivity index (χ1v) is 29.3. The molecule has 0 amide bonds. The van der Waals surface area contributed by atoms with E-state index in [2.05, 4.69) is 252 Å². The van der Waals surface area contributed by atoms with E-state index in [9.17, 15) is 0 Å². The number of aromatic nitrogens is 8. The summed E-state index contributed by atoms with van der Waals surface area (Å²) in [5.41, 5.74) is 15.5. The van der Waals surface area contributed by atoms with Crippen LogP contribution in [0.1, 0.15) is 11.3 Å². The molecule has 11 aromatic carbocycles. The number of hydrogen-bond donors (Lipinski definition) is 0. The molecule has 9 heteroatoms. The van der Waals surface area contributed by atoms with Crippen molar-refractivity contribution in [2.75, 3.05) is 0 Å². The van der Waals surface area contributed by atoms with Gasteiger partial charge in [-0.2, -0.15) is 9.97 Å². The lowest BCUT2D eigenvalue weighted by Crippen LogP contribution is -2.07. The lowest BCUT2D eigenvalue weighted by molar-refractivity contribution is 0.951. The van der Waals surface area contributed by atoms with E-state index in [1.165, 1.54) is 30.9 Å². The zero-order valence-electron chi connectivity index (χ0n) is 46.0. The van der Waals surface area contributed by atoms with Crippen LogP contribution >= 0.6 is 11.3 Å². The minimum atomic E-state index is 0.537. The molecule has 85 heavy (non-hydrogen) atoms. The van der Waals surface area contributed by atoms with Gasteiger partial charge in [-0.05, 0) is 54.4 Å².